The van der Waals surface area contributed by atoms with Gasteiger partial charge in [-0.2, -0.15) is 0 Å². The summed E-state index contributed by atoms with van der Waals surface area (Å²) in [4.78, 5) is 15.2. The third-order valence-corrected chi connectivity index (χ3v) is 2.32. The third-order valence-electron chi connectivity index (χ3n) is 2.32. The Morgan fingerprint density at radius 3 is 2.56 bits per heavy atom. The van der Waals surface area contributed by atoms with Crippen molar-refractivity contribution in [3.05, 3.63) is 23.8 Å². The van der Waals surface area contributed by atoms with E-state index in [9.17, 15) is 4.79 Å². The van der Waals surface area contributed by atoms with E-state index in [0.717, 1.165) is 5.56 Å². The molecule has 1 amide bonds. The highest BCUT2D eigenvalue weighted by Gasteiger charge is 2.08. The fourth-order valence-corrected chi connectivity index (χ4v) is 1.42. The molecule has 0 heterocycles. The fourth-order valence-electron chi connectivity index (χ4n) is 1.42. The molecular weight excluding hydrogens is 234 g/mol. The molecular formula is C12H17N3O3. The lowest BCUT2D eigenvalue weighted by Crippen LogP contribution is -2.37. The number of nitrogens with zero attached hydrogens (tertiary/aromatic N) is 1. The zero-order valence-electron chi connectivity index (χ0n) is 10.7. The summed E-state index contributed by atoms with van der Waals surface area (Å²) < 4.78 is 10.3. The van der Waals surface area contributed by atoms with Crippen LogP contribution in [0.3, 0.4) is 0 Å². The summed E-state index contributed by atoms with van der Waals surface area (Å²) in [5.41, 5.74) is 6.20. The van der Waals surface area contributed by atoms with Crippen molar-refractivity contribution in [2.45, 2.75) is 6.42 Å². The van der Waals surface area contributed by atoms with Crippen LogP contribution in [0.2, 0.25) is 0 Å². The largest absolute Gasteiger partial charge is 0.493 e. The van der Waals surface area contributed by atoms with Crippen molar-refractivity contribution in [1.82, 2.24) is 5.32 Å². The SMILES string of the molecule is CN=C(N)NC(=O)Cc1ccc(OC)c(OC)c1. The summed E-state index contributed by atoms with van der Waals surface area (Å²) >= 11 is 0. The summed E-state index contributed by atoms with van der Waals surface area (Å²) in [5.74, 6) is 1.07. The van der Waals surface area contributed by atoms with E-state index in [1.54, 1.807) is 32.4 Å². The second-order valence-corrected chi connectivity index (χ2v) is 3.52. The lowest BCUT2D eigenvalue weighted by Gasteiger charge is -2.09. The standard InChI is InChI=1S/C12H17N3O3/c1-14-12(13)15-11(16)7-8-4-5-9(17-2)10(6-8)18-3/h4-6H,7H2,1-3H3,(H3,13,14,15,16). The fraction of sp³-hybridized carbons (Fsp3) is 0.333. The molecule has 0 saturated carbocycles. The molecule has 0 aliphatic rings. The Bertz CT molecular complexity index is 458. The van der Waals surface area contributed by atoms with Gasteiger partial charge in [0, 0.05) is 7.05 Å². The monoisotopic (exact) mass is 251 g/mol. The Morgan fingerprint density at radius 2 is 2.00 bits per heavy atom. The molecule has 1 rings (SSSR count). The number of rotatable bonds is 4. The van der Waals surface area contributed by atoms with Crippen LogP contribution in [0.25, 0.3) is 0 Å². The van der Waals surface area contributed by atoms with E-state index in [0.29, 0.717) is 11.5 Å². The van der Waals surface area contributed by atoms with Gasteiger partial charge in [0.25, 0.3) is 0 Å². The maximum absolute atomic E-state index is 11.6. The van der Waals surface area contributed by atoms with Crippen molar-refractivity contribution in [3.8, 4) is 11.5 Å². The second-order valence-electron chi connectivity index (χ2n) is 3.52. The molecule has 0 unspecified atom stereocenters. The minimum Gasteiger partial charge on any atom is -0.493 e. The molecule has 6 nitrogen and oxygen atoms in total. The molecule has 98 valence electrons. The quantitative estimate of drug-likeness (QED) is 0.595. The van der Waals surface area contributed by atoms with Crippen LogP contribution in [-0.2, 0) is 11.2 Å². The van der Waals surface area contributed by atoms with Gasteiger partial charge in [-0.1, -0.05) is 6.07 Å². The molecule has 0 aliphatic heterocycles. The van der Waals surface area contributed by atoms with Gasteiger partial charge in [-0.05, 0) is 17.7 Å². The van der Waals surface area contributed by atoms with Crippen molar-refractivity contribution in [3.63, 3.8) is 0 Å². The lowest BCUT2D eigenvalue weighted by molar-refractivity contribution is -0.119. The molecule has 0 fully saturated rings. The maximum Gasteiger partial charge on any atom is 0.231 e. The molecule has 1 aromatic rings. The van der Waals surface area contributed by atoms with Crippen LogP contribution in [0.5, 0.6) is 11.5 Å². The Kier molecular flexibility index (Phi) is 4.98. The number of amides is 1. The summed E-state index contributed by atoms with van der Waals surface area (Å²) in [6.45, 7) is 0. The van der Waals surface area contributed by atoms with Crippen LogP contribution in [0, 0.1) is 0 Å². The van der Waals surface area contributed by atoms with Crippen LogP contribution in [-0.4, -0.2) is 33.1 Å². The van der Waals surface area contributed by atoms with Gasteiger partial charge in [0.15, 0.2) is 17.5 Å². The van der Waals surface area contributed by atoms with E-state index in [1.165, 1.54) is 7.05 Å². The van der Waals surface area contributed by atoms with Crippen LogP contribution in [0.15, 0.2) is 23.2 Å². The van der Waals surface area contributed by atoms with Gasteiger partial charge >= 0.3 is 0 Å². The molecule has 0 radical (unpaired) electrons. The molecule has 18 heavy (non-hydrogen) atoms. The number of hydrogen-bond donors (Lipinski definition) is 2. The number of carbonyl (C=O) groups is 1. The number of methoxy groups -OCH3 is 2. The molecule has 0 saturated heterocycles. The van der Waals surface area contributed by atoms with Crippen LogP contribution >= 0.6 is 0 Å². The second kappa shape index (κ2) is 6.48. The Balaban J connectivity index is 2.76. The first-order chi connectivity index (χ1) is 8.60. The van der Waals surface area contributed by atoms with E-state index in [1.807, 2.05) is 0 Å². The molecule has 6 heteroatoms. The normalized spacial score (nSPS) is 10.9. The van der Waals surface area contributed by atoms with Gasteiger partial charge in [-0.25, -0.2) is 0 Å². The first-order valence-electron chi connectivity index (χ1n) is 5.33. The van der Waals surface area contributed by atoms with Crippen molar-refractivity contribution in [2.75, 3.05) is 21.3 Å². The average molecular weight is 251 g/mol. The highest BCUT2D eigenvalue weighted by atomic mass is 16.5. The molecule has 0 bridgehead atoms. The number of nitrogens with two attached hydrogens (primary N) is 1. The number of aliphatic imine (C=N–C) groups is 1. The maximum atomic E-state index is 11.6. The van der Waals surface area contributed by atoms with Crippen LogP contribution in [0.4, 0.5) is 0 Å². The zero-order valence-corrected chi connectivity index (χ0v) is 10.7. The Labute approximate surface area is 106 Å². The number of guanidine groups is 1. The van der Waals surface area contributed by atoms with Gasteiger partial charge < -0.3 is 15.2 Å². The predicted molar refractivity (Wildman–Crippen MR) is 68.9 cm³/mol. The Morgan fingerprint density at radius 1 is 1.33 bits per heavy atom. The predicted octanol–water partition coefficient (Wildman–Crippen LogP) is 0.307. The summed E-state index contributed by atoms with van der Waals surface area (Å²) in [7, 11) is 4.61. The van der Waals surface area contributed by atoms with Crippen LogP contribution < -0.4 is 20.5 Å². The van der Waals surface area contributed by atoms with Gasteiger partial charge in [-0.15, -0.1) is 0 Å². The number of nitrogens with one attached hydrogen (secondary N) is 1. The number of benzene rings is 1. The van der Waals surface area contributed by atoms with Gasteiger partial charge in [0.2, 0.25) is 5.91 Å². The third kappa shape index (κ3) is 3.65. The molecule has 0 spiro atoms. The van der Waals surface area contributed by atoms with Crippen molar-refractivity contribution < 1.29 is 14.3 Å². The van der Waals surface area contributed by atoms with Gasteiger partial charge in [0.1, 0.15) is 0 Å². The molecule has 0 aliphatic carbocycles. The van der Waals surface area contributed by atoms with Gasteiger partial charge in [-0.3, -0.25) is 15.1 Å². The zero-order chi connectivity index (χ0) is 13.5. The van der Waals surface area contributed by atoms with E-state index in [4.69, 9.17) is 15.2 Å². The number of hydrogen-bond acceptors (Lipinski definition) is 4. The minimum atomic E-state index is -0.231. The van der Waals surface area contributed by atoms with Crippen molar-refractivity contribution in [1.29, 1.82) is 0 Å². The van der Waals surface area contributed by atoms with Crippen molar-refractivity contribution in [2.24, 2.45) is 10.7 Å². The first-order valence-corrected chi connectivity index (χ1v) is 5.33. The average Bonchev–Trinajstić information content (AvgIpc) is 2.38. The molecule has 0 atom stereocenters. The highest BCUT2D eigenvalue weighted by molar-refractivity contribution is 5.96. The minimum absolute atomic E-state index is 0.0977. The number of carbonyl (C=O) groups excluding carboxylic acids is 1. The van der Waals surface area contributed by atoms with E-state index in [-0.39, 0.29) is 18.3 Å². The van der Waals surface area contributed by atoms with E-state index >= 15 is 0 Å². The van der Waals surface area contributed by atoms with E-state index < -0.39 is 0 Å². The molecule has 1 aromatic carbocycles. The number of ether oxygens (including phenoxy) is 2. The van der Waals surface area contributed by atoms with Crippen molar-refractivity contribution >= 4 is 11.9 Å². The van der Waals surface area contributed by atoms with Crippen LogP contribution in [0.1, 0.15) is 5.56 Å². The Hall–Kier alpha value is -2.24. The summed E-state index contributed by atoms with van der Waals surface area (Å²) in [5, 5.41) is 2.46. The molecule has 3 N–H and O–H groups in total. The molecule has 0 aromatic heterocycles. The first kappa shape index (κ1) is 13.8. The smallest absolute Gasteiger partial charge is 0.231 e. The summed E-state index contributed by atoms with van der Waals surface area (Å²) in [6, 6.07) is 5.29. The summed E-state index contributed by atoms with van der Waals surface area (Å²) in [6.07, 6.45) is 0.191. The van der Waals surface area contributed by atoms with E-state index in [2.05, 4.69) is 10.3 Å². The lowest BCUT2D eigenvalue weighted by atomic mass is 10.1. The van der Waals surface area contributed by atoms with Gasteiger partial charge in [0.05, 0.1) is 20.6 Å². The topological polar surface area (TPSA) is 85.9 Å². The highest BCUT2D eigenvalue weighted by Crippen LogP contribution is 2.27.